The molecule has 0 saturated heterocycles. The Labute approximate surface area is 118 Å². The van der Waals surface area contributed by atoms with Crippen LogP contribution in [0.15, 0.2) is 60.7 Å². The van der Waals surface area contributed by atoms with E-state index in [0.29, 0.717) is 12.0 Å². The van der Waals surface area contributed by atoms with Crippen LogP contribution < -0.4 is 5.32 Å². The Morgan fingerprint density at radius 2 is 1.32 bits per heavy atom. The van der Waals surface area contributed by atoms with Gasteiger partial charge in [-0.1, -0.05) is 74.5 Å². The molecular weight excluding hydrogens is 230 g/mol. The second kappa shape index (κ2) is 7.10. The van der Waals surface area contributed by atoms with Crippen molar-refractivity contribution in [2.24, 2.45) is 0 Å². The fourth-order valence-corrected chi connectivity index (χ4v) is 2.41. The van der Waals surface area contributed by atoms with Crippen LogP contribution in [0.25, 0.3) is 0 Å². The number of hydrogen-bond acceptors (Lipinski definition) is 1. The molecule has 19 heavy (non-hydrogen) atoms. The van der Waals surface area contributed by atoms with Crippen LogP contribution in [0.5, 0.6) is 0 Å². The second-order valence-corrected chi connectivity index (χ2v) is 5.27. The average Bonchev–Trinajstić information content (AvgIpc) is 2.45. The number of benzene rings is 2. The average molecular weight is 255 g/mol. The molecule has 0 amide bonds. The predicted octanol–water partition coefficient (Wildman–Crippen LogP) is 4.45. The lowest BCUT2D eigenvalue weighted by molar-refractivity contribution is 0.551. The Kier molecular flexibility index (Phi) is 5.17. The van der Waals surface area contributed by atoms with Gasteiger partial charge in [-0.25, -0.2) is 0 Å². The van der Waals surface area contributed by atoms with E-state index in [1.165, 1.54) is 11.1 Å². The predicted molar refractivity (Wildman–Crippen MR) is 84.6 cm³/mol. The van der Waals surface area contributed by atoms with Gasteiger partial charge in [-0.2, -0.15) is 0 Å². The lowest BCUT2D eigenvalue weighted by Crippen LogP contribution is -2.25. The molecule has 0 aromatic heterocycles. The highest BCUT2D eigenvalue weighted by Gasteiger charge is 2.13. The third-order valence-electron chi connectivity index (χ3n) is 3.39. The van der Waals surface area contributed by atoms with E-state index in [0.717, 1.165) is 13.0 Å². The fourth-order valence-electron chi connectivity index (χ4n) is 2.41. The summed E-state index contributed by atoms with van der Waals surface area (Å²) in [5.41, 5.74) is 2.80. The van der Waals surface area contributed by atoms with Gasteiger partial charge in [-0.3, -0.25) is 0 Å². The van der Waals surface area contributed by atoms with Crippen molar-refractivity contribution in [1.82, 2.24) is 5.32 Å². The minimum atomic E-state index is 0. The summed E-state index contributed by atoms with van der Waals surface area (Å²) in [4.78, 5) is 0. The van der Waals surface area contributed by atoms with E-state index < -0.39 is 0 Å². The molecule has 0 aliphatic rings. The van der Waals surface area contributed by atoms with Crippen molar-refractivity contribution >= 4 is 0 Å². The highest BCUT2D eigenvalue weighted by Crippen LogP contribution is 2.27. The third-order valence-corrected chi connectivity index (χ3v) is 3.39. The molecule has 1 N–H and O–H groups in total. The van der Waals surface area contributed by atoms with E-state index >= 15 is 0 Å². The number of hydrogen-bond donors (Lipinski definition) is 1. The van der Waals surface area contributed by atoms with Gasteiger partial charge in [0.2, 0.25) is 0 Å². The fraction of sp³-hybridized carbons (Fsp3) is 0.333. The van der Waals surface area contributed by atoms with Gasteiger partial charge < -0.3 is 5.32 Å². The molecule has 0 radical (unpaired) electrons. The smallest absolute Gasteiger partial charge is 0.0101 e. The Balaban J connectivity index is 0.00000200. The van der Waals surface area contributed by atoms with E-state index in [4.69, 9.17) is 0 Å². The Morgan fingerprint density at radius 3 is 1.74 bits per heavy atom. The van der Waals surface area contributed by atoms with Gasteiger partial charge in [-0.15, -0.1) is 0 Å². The lowest BCUT2D eigenvalue weighted by Gasteiger charge is -2.19. The van der Waals surface area contributed by atoms with Crippen LogP contribution >= 0.6 is 0 Å². The van der Waals surface area contributed by atoms with E-state index in [-0.39, 0.29) is 1.43 Å². The first-order valence-electron chi connectivity index (χ1n) is 7.10. The first-order valence-corrected chi connectivity index (χ1v) is 7.10. The van der Waals surface area contributed by atoms with Crippen molar-refractivity contribution in [2.45, 2.75) is 32.2 Å². The van der Waals surface area contributed by atoms with Crippen molar-refractivity contribution in [3.8, 4) is 0 Å². The van der Waals surface area contributed by atoms with Crippen molar-refractivity contribution in [1.29, 1.82) is 0 Å². The summed E-state index contributed by atoms with van der Waals surface area (Å²) in [7, 11) is 0. The van der Waals surface area contributed by atoms with Gasteiger partial charge in [0, 0.05) is 13.4 Å². The van der Waals surface area contributed by atoms with Crippen LogP contribution in [0, 0.1) is 0 Å². The molecule has 102 valence electrons. The summed E-state index contributed by atoms with van der Waals surface area (Å²) in [6, 6.07) is 22.1. The molecule has 0 unspecified atom stereocenters. The van der Waals surface area contributed by atoms with Crippen LogP contribution in [-0.4, -0.2) is 12.6 Å². The maximum atomic E-state index is 3.52. The molecule has 0 bridgehead atoms. The summed E-state index contributed by atoms with van der Waals surface area (Å²) in [5, 5.41) is 3.52. The monoisotopic (exact) mass is 255 g/mol. The van der Waals surface area contributed by atoms with Gasteiger partial charge in [-0.05, 0) is 24.1 Å². The number of rotatable bonds is 6. The van der Waals surface area contributed by atoms with Crippen molar-refractivity contribution in [3.63, 3.8) is 0 Å². The van der Waals surface area contributed by atoms with Crippen LogP contribution in [0.4, 0.5) is 0 Å². The van der Waals surface area contributed by atoms with Crippen LogP contribution in [0.3, 0.4) is 0 Å². The molecule has 1 nitrogen and oxygen atoms in total. The quantitative estimate of drug-likeness (QED) is 0.804. The van der Waals surface area contributed by atoms with Crippen molar-refractivity contribution in [2.75, 3.05) is 6.54 Å². The maximum Gasteiger partial charge on any atom is 0.0101 e. The zero-order chi connectivity index (χ0) is 13.5. The van der Waals surface area contributed by atoms with Gasteiger partial charge in [0.05, 0.1) is 0 Å². The van der Waals surface area contributed by atoms with E-state index in [2.05, 4.69) is 79.8 Å². The van der Waals surface area contributed by atoms with Crippen LogP contribution in [0.1, 0.15) is 38.7 Å². The van der Waals surface area contributed by atoms with Crippen molar-refractivity contribution < 1.29 is 1.43 Å². The summed E-state index contributed by atoms with van der Waals surface area (Å²) in [5.74, 6) is 0.480. The van der Waals surface area contributed by atoms with Gasteiger partial charge in [0.1, 0.15) is 0 Å². The molecule has 0 heterocycles. The number of nitrogens with one attached hydrogen (secondary N) is 1. The van der Waals surface area contributed by atoms with E-state index in [1.54, 1.807) is 0 Å². The largest absolute Gasteiger partial charge is 0.314 e. The Bertz CT molecular complexity index is 428. The SMILES string of the molecule is CC(C)NCCC(c1ccccc1)c1ccccc1.[HH]. The van der Waals surface area contributed by atoms with Gasteiger partial charge in [0.15, 0.2) is 0 Å². The molecule has 0 atom stereocenters. The summed E-state index contributed by atoms with van der Waals surface area (Å²) in [6.07, 6.45) is 1.13. The first-order chi connectivity index (χ1) is 9.27. The molecule has 2 rings (SSSR count). The normalized spacial score (nSPS) is 11.2. The molecule has 2 aromatic carbocycles. The molecule has 0 fully saturated rings. The van der Waals surface area contributed by atoms with Crippen molar-refractivity contribution in [3.05, 3.63) is 71.8 Å². The molecule has 1 heteroatoms. The Hall–Kier alpha value is -1.60. The summed E-state index contributed by atoms with van der Waals surface area (Å²) < 4.78 is 0. The van der Waals surface area contributed by atoms with Gasteiger partial charge in [0.25, 0.3) is 0 Å². The topological polar surface area (TPSA) is 12.0 Å². The molecule has 0 saturated carbocycles. The van der Waals surface area contributed by atoms with Gasteiger partial charge >= 0.3 is 0 Å². The third kappa shape index (κ3) is 4.22. The Morgan fingerprint density at radius 1 is 0.842 bits per heavy atom. The minimum Gasteiger partial charge on any atom is -0.314 e. The zero-order valence-corrected chi connectivity index (χ0v) is 11.8. The lowest BCUT2D eigenvalue weighted by atomic mass is 9.88. The molecule has 0 aliphatic carbocycles. The minimum absolute atomic E-state index is 0. The van der Waals surface area contributed by atoms with E-state index in [9.17, 15) is 0 Å². The summed E-state index contributed by atoms with van der Waals surface area (Å²) >= 11 is 0. The van der Waals surface area contributed by atoms with Crippen LogP contribution in [-0.2, 0) is 0 Å². The highest BCUT2D eigenvalue weighted by atomic mass is 14.9. The second-order valence-electron chi connectivity index (χ2n) is 5.27. The molecule has 0 spiro atoms. The van der Waals surface area contributed by atoms with E-state index in [1.807, 2.05) is 0 Å². The molecule has 2 aromatic rings. The zero-order valence-electron chi connectivity index (χ0n) is 11.8. The van der Waals surface area contributed by atoms with Crippen LogP contribution in [0.2, 0.25) is 0 Å². The maximum absolute atomic E-state index is 3.52. The highest BCUT2D eigenvalue weighted by molar-refractivity contribution is 5.32. The first kappa shape index (κ1) is 13.8. The summed E-state index contributed by atoms with van der Waals surface area (Å²) in [6.45, 7) is 5.44. The molecular formula is C18H25N. The standard InChI is InChI=1S/C18H23N.H2/c1-15(2)19-14-13-18(16-9-5-3-6-10-16)17-11-7-4-8-12-17;/h3-12,15,18-19H,13-14H2,1-2H3;1H. The molecule has 0 aliphatic heterocycles.